The Morgan fingerprint density at radius 1 is 1.24 bits per heavy atom. The lowest BCUT2D eigenvalue weighted by Gasteiger charge is -2.35. The van der Waals surface area contributed by atoms with Gasteiger partial charge in [0.25, 0.3) is 0 Å². The smallest absolute Gasteiger partial charge is 0.443 e. The summed E-state index contributed by atoms with van der Waals surface area (Å²) in [5.74, 6) is -1.15. The zero-order valence-electron chi connectivity index (χ0n) is 18.1. The van der Waals surface area contributed by atoms with Crippen LogP contribution < -0.4 is 0 Å². The predicted octanol–water partition coefficient (Wildman–Crippen LogP) is 4.91. The van der Waals surface area contributed by atoms with Crippen molar-refractivity contribution in [2.75, 3.05) is 0 Å². The van der Waals surface area contributed by atoms with Crippen LogP contribution in [0.5, 0.6) is 0 Å². The van der Waals surface area contributed by atoms with E-state index in [0.717, 1.165) is 16.5 Å². The van der Waals surface area contributed by atoms with E-state index in [1.807, 2.05) is 22.8 Å². The number of aromatic nitrogens is 2. The summed E-state index contributed by atoms with van der Waals surface area (Å²) in [6.07, 6.45) is -4.02. The van der Waals surface area contributed by atoms with Gasteiger partial charge in [0.2, 0.25) is 0 Å². The highest BCUT2D eigenvalue weighted by molar-refractivity contribution is 7.11. The summed E-state index contributed by atoms with van der Waals surface area (Å²) in [5.41, 5.74) is 1.36. The van der Waals surface area contributed by atoms with Crippen LogP contribution in [0.3, 0.4) is 0 Å². The second kappa shape index (κ2) is 8.05. The van der Waals surface area contributed by atoms with Crippen molar-refractivity contribution >= 4 is 34.3 Å². The first-order chi connectivity index (χ1) is 15.3. The Morgan fingerprint density at radius 2 is 1.94 bits per heavy atom. The molecule has 1 N–H and O–H groups in total. The first-order valence-corrected chi connectivity index (χ1v) is 11.0. The van der Waals surface area contributed by atoms with Crippen molar-refractivity contribution in [1.82, 2.24) is 14.5 Å². The van der Waals surface area contributed by atoms with Gasteiger partial charge < -0.3 is 14.4 Å². The van der Waals surface area contributed by atoms with E-state index in [1.54, 1.807) is 26.8 Å². The summed E-state index contributed by atoms with van der Waals surface area (Å²) in [6, 6.07) is 6.18. The maximum absolute atomic E-state index is 13.0. The highest BCUT2D eigenvalue weighted by Crippen LogP contribution is 2.36. The van der Waals surface area contributed by atoms with E-state index in [0.29, 0.717) is 21.9 Å². The Labute approximate surface area is 191 Å². The molecule has 0 saturated heterocycles. The molecule has 4 rings (SSSR count). The number of ether oxygens (including phenoxy) is 1. The Kier molecular flexibility index (Phi) is 5.63. The molecule has 2 aromatic heterocycles. The van der Waals surface area contributed by atoms with E-state index in [2.05, 4.69) is 4.98 Å². The molecular formula is C22H22F3N3O4S. The average molecular weight is 481 g/mol. The van der Waals surface area contributed by atoms with E-state index in [9.17, 15) is 27.9 Å². The van der Waals surface area contributed by atoms with Crippen LogP contribution in [0.1, 0.15) is 41.9 Å². The number of carboxylic acids is 1. The molecule has 0 aliphatic carbocycles. The first-order valence-electron chi connectivity index (χ1n) is 10.2. The number of carbonyl (C=O) groups is 2. The van der Waals surface area contributed by atoms with Crippen molar-refractivity contribution in [3.8, 4) is 0 Å². The summed E-state index contributed by atoms with van der Waals surface area (Å²) in [7, 11) is 0. The maximum Gasteiger partial charge on any atom is 0.443 e. The molecule has 3 heterocycles. The Morgan fingerprint density at radius 3 is 2.55 bits per heavy atom. The van der Waals surface area contributed by atoms with Crippen LogP contribution in [0.25, 0.3) is 10.9 Å². The summed E-state index contributed by atoms with van der Waals surface area (Å²) in [5, 5.41) is 9.69. The number of alkyl halides is 3. The number of hydrogen-bond donors (Lipinski definition) is 1. The van der Waals surface area contributed by atoms with Crippen molar-refractivity contribution in [1.29, 1.82) is 0 Å². The van der Waals surface area contributed by atoms with Crippen LogP contribution in [-0.4, -0.2) is 43.3 Å². The molecule has 0 bridgehead atoms. The van der Waals surface area contributed by atoms with Gasteiger partial charge >= 0.3 is 18.2 Å². The van der Waals surface area contributed by atoms with Crippen LogP contribution in [0.4, 0.5) is 18.0 Å². The third-order valence-electron chi connectivity index (χ3n) is 5.31. The number of halogens is 3. The summed E-state index contributed by atoms with van der Waals surface area (Å²) in [4.78, 5) is 29.9. The SMILES string of the molecule is CC(C)(C)OC(=O)N1Cc2c(c3ccccc3n2Cc2cnc(C(F)(F)F)s2)CC1C(=O)O. The molecule has 176 valence electrons. The number of para-hydroxylation sites is 1. The largest absolute Gasteiger partial charge is 0.480 e. The molecule has 0 radical (unpaired) electrons. The fraction of sp³-hybridized carbons (Fsp3) is 0.409. The molecule has 1 aromatic carbocycles. The molecule has 1 unspecified atom stereocenters. The zero-order valence-corrected chi connectivity index (χ0v) is 19.0. The van der Waals surface area contributed by atoms with Gasteiger partial charge in [-0.05, 0) is 32.4 Å². The van der Waals surface area contributed by atoms with Crippen molar-refractivity contribution < 1.29 is 32.6 Å². The molecule has 33 heavy (non-hydrogen) atoms. The molecular weight excluding hydrogens is 459 g/mol. The van der Waals surface area contributed by atoms with E-state index < -0.39 is 34.9 Å². The van der Waals surface area contributed by atoms with Gasteiger partial charge in [0.05, 0.1) is 13.1 Å². The van der Waals surface area contributed by atoms with Gasteiger partial charge in [-0.25, -0.2) is 14.6 Å². The number of hydrogen-bond acceptors (Lipinski definition) is 5. The van der Waals surface area contributed by atoms with Crippen molar-refractivity contribution in [2.24, 2.45) is 0 Å². The van der Waals surface area contributed by atoms with Crippen LogP contribution in [0, 0.1) is 0 Å². The number of amides is 1. The van der Waals surface area contributed by atoms with Crippen LogP contribution >= 0.6 is 11.3 Å². The van der Waals surface area contributed by atoms with E-state index in [-0.39, 0.29) is 19.5 Å². The van der Waals surface area contributed by atoms with Gasteiger partial charge in [-0.2, -0.15) is 13.2 Å². The van der Waals surface area contributed by atoms with E-state index in [4.69, 9.17) is 4.74 Å². The quantitative estimate of drug-likeness (QED) is 0.575. The fourth-order valence-electron chi connectivity index (χ4n) is 3.99. The molecule has 1 atom stereocenters. The number of fused-ring (bicyclic) bond motifs is 3. The van der Waals surface area contributed by atoms with Gasteiger partial charge in [0, 0.05) is 34.1 Å². The normalized spacial score (nSPS) is 16.7. The number of benzene rings is 1. The topological polar surface area (TPSA) is 84.7 Å². The van der Waals surface area contributed by atoms with Crippen molar-refractivity contribution in [3.63, 3.8) is 0 Å². The molecule has 0 saturated carbocycles. The van der Waals surface area contributed by atoms with Crippen LogP contribution in [-0.2, 0) is 35.2 Å². The zero-order chi connectivity index (χ0) is 24.1. The Bertz CT molecular complexity index is 1230. The summed E-state index contributed by atoms with van der Waals surface area (Å²) < 4.78 is 46.3. The minimum Gasteiger partial charge on any atom is -0.480 e. The van der Waals surface area contributed by atoms with Gasteiger partial charge in [0.1, 0.15) is 11.6 Å². The monoisotopic (exact) mass is 481 g/mol. The number of rotatable bonds is 3. The van der Waals surface area contributed by atoms with Crippen molar-refractivity contribution in [2.45, 2.75) is 58.1 Å². The highest BCUT2D eigenvalue weighted by Gasteiger charge is 2.40. The second-order valence-electron chi connectivity index (χ2n) is 8.82. The number of nitrogens with zero attached hydrogens (tertiary/aromatic N) is 3. The standard InChI is InChI=1S/C22H22F3N3O4S/c1-21(2,3)32-20(31)28-11-17-14(8-16(28)18(29)30)13-6-4-5-7-15(13)27(17)10-12-9-26-19(33-12)22(23,24)25/h4-7,9,16H,8,10-11H2,1-3H3,(H,29,30). The van der Waals surface area contributed by atoms with Gasteiger partial charge in [0.15, 0.2) is 5.01 Å². The molecule has 3 aromatic rings. The lowest BCUT2D eigenvalue weighted by Crippen LogP contribution is -2.50. The number of thiazole rings is 1. The van der Waals surface area contributed by atoms with Gasteiger partial charge in [-0.3, -0.25) is 4.90 Å². The third-order valence-corrected chi connectivity index (χ3v) is 6.34. The number of aliphatic carboxylic acids is 1. The van der Waals surface area contributed by atoms with Gasteiger partial charge in [-0.15, -0.1) is 11.3 Å². The van der Waals surface area contributed by atoms with Crippen LogP contribution in [0.2, 0.25) is 0 Å². The average Bonchev–Trinajstić information content (AvgIpc) is 3.30. The molecule has 0 fully saturated rings. The molecule has 0 spiro atoms. The summed E-state index contributed by atoms with van der Waals surface area (Å²) >= 11 is 0.561. The van der Waals surface area contributed by atoms with E-state index >= 15 is 0 Å². The maximum atomic E-state index is 13.0. The van der Waals surface area contributed by atoms with Crippen LogP contribution in [0.15, 0.2) is 30.5 Å². The lowest BCUT2D eigenvalue weighted by atomic mass is 9.97. The first kappa shape index (κ1) is 23.1. The minimum absolute atomic E-state index is 0.0408. The predicted molar refractivity (Wildman–Crippen MR) is 115 cm³/mol. The molecule has 11 heteroatoms. The molecule has 1 aliphatic rings. The minimum atomic E-state index is -4.52. The highest BCUT2D eigenvalue weighted by atomic mass is 32.1. The number of carbonyl (C=O) groups excluding carboxylic acids is 1. The lowest BCUT2D eigenvalue weighted by molar-refractivity contribution is -0.143. The van der Waals surface area contributed by atoms with Crippen molar-refractivity contribution in [3.05, 3.63) is 51.6 Å². The second-order valence-corrected chi connectivity index (χ2v) is 9.94. The molecule has 1 aliphatic heterocycles. The Balaban J connectivity index is 1.78. The fourth-order valence-corrected chi connectivity index (χ4v) is 4.76. The molecule has 7 nitrogen and oxygen atoms in total. The van der Waals surface area contributed by atoms with Gasteiger partial charge in [-0.1, -0.05) is 18.2 Å². The van der Waals surface area contributed by atoms with E-state index in [1.165, 1.54) is 11.1 Å². The molecule has 1 amide bonds. The summed E-state index contributed by atoms with van der Waals surface area (Å²) in [6.45, 7) is 5.14. The third kappa shape index (κ3) is 4.54. The Hall–Kier alpha value is -3.08. The number of carboxylic acid groups (broad SMARTS) is 1.